The van der Waals surface area contributed by atoms with Gasteiger partial charge in [0.15, 0.2) is 0 Å². The van der Waals surface area contributed by atoms with Crippen LogP contribution in [0.2, 0.25) is 0 Å². The predicted octanol–water partition coefficient (Wildman–Crippen LogP) is 4.48. The van der Waals surface area contributed by atoms with Crippen molar-refractivity contribution in [1.82, 2.24) is 0 Å². The molecule has 1 fully saturated rings. The van der Waals surface area contributed by atoms with E-state index in [0.29, 0.717) is 17.9 Å². The van der Waals surface area contributed by atoms with E-state index < -0.39 is 0 Å². The fourth-order valence-electron chi connectivity index (χ4n) is 3.14. The molecule has 2 atom stereocenters. The highest BCUT2D eigenvalue weighted by Crippen LogP contribution is 2.42. The largest absolute Gasteiger partial charge is 0.207 e. The summed E-state index contributed by atoms with van der Waals surface area (Å²) in [5.41, 5.74) is 0.344. The highest BCUT2D eigenvalue weighted by Gasteiger charge is 2.36. The van der Waals surface area contributed by atoms with E-state index in [1.54, 1.807) is 6.07 Å². The summed E-state index contributed by atoms with van der Waals surface area (Å²) in [6, 6.07) is 9.34. The minimum Gasteiger partial charge on any atom is -0.207 e. The van der Waals surface area contributed by atoms with Crippen molar-refractivity contribution in [2.45, 2.75) is 45.4 Å². The van der Waals surface area contributed by atoms with Gasteiger partial charge in [0.2, 0.25) is 0 Å². The summed E-state index contributed by atoms with van der Waals surface area (Å²) in [4.78, 5) is 0. The Morgan fingerprint density at radius 1 is 1.44 bits per heavy atom. The van der Waals surface area contributed by atoms with Crippen molar-refractivity contribution < 1.29 is 4.39 Å². The molecule has 96 valence electrons. The Kier molecular flexibility index (Phi) is 4.01. The highest BCUT2D eigenvalue weighted by molar-refractivity contribution is 5.21. The molecule has 1 nitrogen and oxygen atoms in total. The summed E-state index contributed by atoms with van der Waals surface area (Å²) in [6.07, 6.45) is 5.84. The van der Waals surface area contributed by atoms with Gasteiger partial charge >= 0.3 is 0 Å². The first kappa shape index (κ1) is 13.1. The summed E-state index contributed by atoms with van der Waals surface area (Å²) in [6.45, 7) is 2.18. The van der Waals surface area contributed by atoms with Gasteiger partial charge in [-0.05, 0) is 36.8 Å². The molecule has 1 saturated carbocycles. The maximum absolute atomic E-state index is 13.7. The van der Waals surface area contributed by atoms with Gasteiger partial charge in [0.1, 0.15) is 5.82 Å². The van der Waals surface area contributed by atoms with Crippen LogP contribution in [0.25, 0.3) is 0 Å². The molecule has 0 heterocycles. The van der Waals surface area contributed by atoms with Gasteiger partial charge in [0.25, 0.3) is 0 Å². The molecule has 1 aliphatic carbocycles. The molecule has 1 aromatic rings. The van der Waals surface area contributed by atoms with Crippen LogP contribution in [0.15, 0.2) is 24.3 Å². The molecule has 18 heavy (non-hydrogen) atoms. The lowest BCUT2D eigenvalue weighted by molar-refractivity contribution is 0.192. The zero-order valence-corrected chi connectivity index (χ0v) is 11.0. The summed E-state index contributed by atoms with van der Waals surface area (Å²) in [7, 11) is 0. The highest BCUT2D eigenvalue weighted by atomic mass is 19.1. The summed E-state index contributed by atoms with van der Waals surface area (Å²) in [5, 5.41) is 9.53. The average Bonchev–Trinajstić information content (AvgIpc) is 2.42. The van der Waals surface area contributed by atoms with E-state index >= 15 is 0 Å². The molecule has 2 rings (SSSR count). The molecule has 0 aliphatic heterocycles. The number of nitrogens with zero attached hydrogens (tertiary/aromatic N) is 1. The summed E-state index contributed by atoms with van der Waals surface area (Å²) < 4.78 is 13.7. The number of hydrogen-bond donors (Lipinski definition) is 0. The van der Waals surface area contributed by atoms with Crippen LogP contribution in [0.3, 0.4) is 0 Å². The van der Waals surface area contributed by atoms with Crippen molar-refractivity contribution in [3.63, 3.8) is 0 Å². The first-order chi connectivity index (χ1) is 8.69. The number of rotatable bonds is 3. The van der Waals surface area contributed by atoms with Crippen molar-refractivity contribution in [2.75, 3.05) is 0 Å². The zero-order valence-electron chi connectivity index (χ0n) is 11.0. The SMILES string of the molecule is CCC1CCCC(C#N)(Cc2ccccc2F)C1. The van der Waals surface area contributed by atoms with E-state index in [-0.39, 0.29) is 11.2 Å². The van der Waals surface area contributed by atoms with Crippen molar-refractivity contribution in [3.05, 3.63) is 35.6 Å². The van der Waals surface area contributed by atoms with E-state index in [0.717, 1.165) is 25.7 Å². The fraction of sp³-hybridized carbons (Fsp3) is 0.562. The van der Waals surface area contributed by atoms with Crippen molar-refractivity contribution in [2.24, 2.45) is 11.3 Å². The van der Waals surface area contributed by atoms with E-state index in [9.17, 15) is 9.65 Å². The topological polar surface area (TPSA) is 23.8 Å². The van der Waals surface area contributed by atoms with Crippen LogP contribution in [-0.2, 0) is 6.42 Å². The molecule has 0 spiro atoms. The summed E-state index contributed by atoms with van der Waals surface area (Å²) in [5.74, 6) is 0.455. The first-order valence-corrected chi connectivity index (χ1v) is 6.84. The Labute approximate surface area is 109 Å². The van der Waals surface area contributed by atoms with E-state index in [2.05, 4.69) is 13.0 Å². The Bertz CT molecular complexity index is 449. The molecule has 0 N–H and O–H groups in total. The second kappa shape index (κ2) is 5.52. The molecule has 0 saturated heterocycles. The van der Waals surface area contributed by atoms with Gasteiger partial charge in [-0.2, -0.15) is 5.26 Å². The Morgan fingerprint density at radius 3 is 2.89 bits per heavy atom. The first-order valence-electron chi connectivity index (χ1n) is 6.84. The fourth-order valence-corrected chi connectivity index (χ4v) is 3.14. The van der Waals surface area contributed by atoms with Crippen molar-refractivity contribution in [1.29, 1.82) is 5.26 Å². The van der Waals surface area contributed by atoms with Crippen LogP contribution in [0.1, 0.15) is 44.6 Å². The van der Waals surface area contributed by atoms with Crippen LogP contribution >= 0.6 is 0 Å². The van der Waals surface area contributed by atoms with Crippen LogP contribution in [0, 0.1) is 28.5 Å². The second-order valence-corrected chi connectivity index (χ2v) is 5.53. The summed E-state index contributed by atoms with van der Waals surface area (Å²) >= 11 is 0. The predicted molar refractivity (Wildman–Crippen MR) is 70.4 cm³/mol. The molecule has 1 aliphatic rings. The Hall–Kier alpha value is -1.36. The van der Waals surface area contributed by atoms with Crippen molar-refractivity contribution >= 4 is 0 Å². The Balaban J connectivity index is 2.19. The molecule has 0 amide bonds. The molecule has 2 unspecified atom stereocenters. The molecule has 0 aromatic heterocycles. The number of halogens is 1. The Morgan fingerprint density at radius 2 is 2.22 bits per heavy atom. The van der Waals surface area contributed by atoms with E-state index in [4.69, 9.17) is 0 Å². The van der Waals surface area contributed by atoms with Gasteiger partial charge in [-0.15, -0.1) is 0 Å². The molecule has 0 radical (unpaired) electrons. The number of hydrogen-bond acceptors (Lipinski definition) is 1. The minimum atomic E-state index is -0.346. The minimum absolute atomic E-state index is 0.175. The average molecular weight is 245 g/mol. The maximum atomic E-state index is 13.7. The van der Waals surface area contributed by atoms with Gasteiger partial charge < -0.3 is 0 Å². The molecule has 1 aromatic carbocycles. The quantitative estimate of drug-likeness (QED) is 0.770. The lowest BCUT2D eigenvalue weighted by Crippen LogP contribution is -2.29. The normalized spacial score (nSPS) is 27.7. The standard InChI is InChI=1S/C16H20FN/c1-2-13-6-5-9-16(10-13,12-18)11-14-7-3-4-8-15(14)17/h3-4,7-8,13H,2,5-6,9-11H2,1H3. The van der Waals surface area contributed by atoms with Gasteiger partial charge in [0.05, 0.1) is 11.5 Å². The van der Waals surface area contributed by atoms with Crippen LogP contribution in [-0.4, -0.2) is 0 Å². The monoisotopic (exact) mass is 245 g/mol. The third-order valence-electron chi connectivity index (χ3n) is 4.25. The van der Waals surface area contributed by atoms with Gasteiger partial charge in [-0.1, -0.05) is 44.4 Å². The van der Waals surface area contributed by atoms with Gasteiger partial charge in [-0.3, -0.25) is 0 Å². The third kappa shape index (κ3) is 2.72. The van der Waals surface area contributed by atoms with E-state index in [1.165, 1.54) is 12.5 Å². The lowest BCUT2D eigenvalue weighted by atomic mass is 9.67. The zero-order chi connectivity index (χ0) is 13.0. The lowest BCUT2D eigenvalue weighted by Gasteiger charge is -2.35. The van der Waals surface area contributed by atoms with Crippen LogP contribution < -0.4 is 0 Å². The second-order valence-electron chi connectivity index (χ2n) is 5.53. The smallest absolute Gasteiger partial charge is 0.126 e. The van der Waals surface area contributed by atoms with Crippen molar-refractivity contribution in [3.8, 4) is 6.07 Å². The van der Waals surface area contributed by atoms with Gasteiger partial charge in [-0.25, -0.2) is 4.39 Å². The molecule has 0 bridgehead atoms. The number of benzene rings is 1. The maximum Gasteiger partial charge on any atom is 0.126 e. The molecular weight excluding hydrogens is 225 g/mol. The van der Waals surface area contributed by atoms with Gasteiger partial charge in [0, 0.05) is 0 Å². The number of nitriles is 1. The third-order valence-corrected chi connectivity index (χ3v) is 4.25. The van der Waals surface area contributed by atoms with Crippen LogP contribution in [0.4, 0.5) is 4.39 Å². The van der Waals surface area contributed by atoms with E-state index in [1.807, 2.05) is 12.1 Å². The molecular formula is C16H20FN. The molecule has 2 heteroatoms. The van der Waals surface area contributed by atoms with Crippen LogP contribution in [0.5, 0.6) is 0 Å².